The minimum Gasteiger partial charge on any atom is -0.394 e. The van der Waals surface area contributed by atoms with E-state index in [-0.39, 0.29) is 13.0 Å². The third kappa shape index (κ3) is 5.08. The molecular formula is C18H36N4O10. The molecule has 14 nitrogen and oxygen atoms in total. The van der Waals surface area contributed by atoms with Crippen molar-refractivity contribution in [2.24, 2.45) is 17.2 Å². The summed E-state index contributed by atoms with van der Waals surface area (Å²) in [4.78, 5) is 0. The van der Waals surface area contributed by atoms with Gasteiger partial charge in [-0.2, -0.15) is 0 Å². The monoisotopic (exact) mass is 468 g/mol. The molecule has 14 atom stereocenters. The minimum atomic E-state index is -1.44. The maximum atomic E-state index is 10.9. The molecule has 0 aromatic heterocycles. The van der Waals surface area contributed by atoms with Gasteiger partial charge < -0.3 is 72.1 Å². The number of hydrogen-bond donors (Lipinski definition) is 10. The Hall–Kier alpha value is -0.560. The molecule has 32 heavy (non-hydrogen) atoms. The van der Waals surface area contributed by atoms with E-state index in [0.717, 1.165) is 0 Å². The van der Waals surface area contributed by atoms with Crippen LogP contribution in [0.2, 0.25) is 0 Å². The van der Waals surface area contributed by atoms with Gasteiger partial charge in [0.05, 0.1) is 31.4 Å². The molecule has 2 saturated heterocycles. The maximum Gasteiger partial charge on any atom is 0.185 e. The zero-order valence-electron chi connectivity index (χ0n) is 17.8. The Morgan fingerprint density at radius 1 is 0.875 bits per heavy atom. The number of likely N-dealkylation sites (N-methyl/N-ethyl adjacent to an activating group) is 1. The van der Waals surface area contributed by atoms with E-state index in [9.17, 15) is 30.6 Å². The van der Waals surface area contributed by atoms with Crippen LogP contribution in [0.15, 0.2) is 0 Å². The lowest BCUT2D eigenvalue weighted by atomic mass is 9.84. The number of aliphatic hydroxyl groups excluding tert-OH is 6. The number of nitrogens with one attached hydrogen (secondary N) is 1. The first kappa shape index (κ1) is 26.1. The van der Waals surface area contributed by atoms with Gasteiger partial charge in [0, 0.05) is 12.1 Å². The predicted octanol–water partition coefficient (Wildman–Crippen LogP) is -6.39. The Morgan fingerprint density at radius 3 is 2.03 bits per heavy atom. The summed E-state index contributed by atoms with van der Waals surface area (Å²) in [5.74, 6) is 0. The summed E-state index contributed by atoms with van der Waals surface area (Å²) < 4.78 is 22.4. The zero-order chi connectivity index (χ0) is 23.7. The lowest BCUT2D eigenvalue weighted by Crippen LogP contribution is -2.68. The van der Waals surface area contributed by atoms with Gasteiger partial charge in [-0.15, -0.1) is 0 Å². The van der Waals surface area contributed by atoms with Gasteiger partial charge >= 0.3 is 0 Å². The smallest absolute Gasteiger partial charge is 0.185 e. The van der Waals surface area contributed by atoms with Crippen molar-refractivity contribution < 1.29 is 49.6 Å². The van der Waals surface area contributed by atoms with Crippen molar-refractivity contribution in [3.63, 3.8) is 0 Å². The lowest BCUT2D eigenvalue weighted by molar-refractivity contribution is -0.311. The highest BCUT2D eigenvalue weighted by Crippen LogP contribution is 2.30. The average Bonchev–Trinajstić information content (AvgIpc) is 2.75. The molecule has 0 spiro atoms. The van der Waals surface area contributed by atoms with Crippen molar-refractivity contribution >= 4 is 0 Å². The highest BCUT2D eigenvalue weighted by molar-refractivity contribution is 5.01. The second-order valence-electron chi connectivity index (χ2n) is 8.61. The number of hydrogen-bond acceptors (Lipinski definition) is 14. The summed E-state index contributed by atoms with van der Waals surface area (Å²) in [6.07, 6.45) is -12.0. The van der Waals surface area contributed by atoms with E-state index in [4.69, 9.17) is 36.1 Å². The first-order valence-corrected chi connectivity index (χ1v) is 10.6. The van der Waals surface area contributed by atoms with Gasteiger partial charge in [0.2, 0.25) is 0 Å². The van der Waals surface area contributed by atoms with Crippen molar-refractivity contribution in [1.29, 1.82) is 0 Å². The van der Waals surface area contributed by atoms with Gasteiger partial charge in [0.1, 0.15) is 42.7 Å². The number of aliphatic hydroxyl groups is 6. The van der Waals surface area contributed by atoms with Crippen LogP contribution < -0.4 is 22.5 Å². The second-order valence-corrected chi connectivity index (χ2v) is 8.61. The molecule has 188 valence electrons. The maximum absolute atomic E-state index is 10.9. The molecule has 2 aliphatic heterocycles. The summed E-state index contributed by atoms with van der Waals surface area (Å²) in [6, 6.07) is -3.37. The molecule has 0 aromatic rings. The van der Waals surface area contributed by atoms with Crippen molar-refractivity contribution in [3.05, 3.63) is 0 Å². The standard InChI is InChI=1S/C18H36N4O10/c1-22-10-7(24)4-29-18(13(10)27)32-16-6(20)2-5(19)15(14(16)28)31-17-9(21)12(26)11(25)8(3-23)30-17/h5-18,22-28H,2-4,19-21H2,1H3/t5-,6+,7+,8+,9+,10-,11+,12+,13+,14-,15+,16-,17+,18+/m0/s1. The summed E-state index contributed by atoms with van der Waals surface area (Å²) in [5, 5.41) is 63.6. The first-order chi connectivity index (χ1) is 15.1. The van der Waals surface area contributed by atoms with Crippen molar-refractivity contribution in [2.45, 2.75) is 92.0 Å². The molecule has 3 rings (SSSR count). The molecule has 3 fully saturated rings. The molecule has 3 aliphatic rings. The Balaban J connectivity index is 1.70. The van der Waals surface area contributed by atoms with Crippen LogP contribution in [0.25, 0.3) is 0 Å². The summed E-state index contributed by atoms with van der Waals surface area (Å²) in [5.41, 5.74) is 18.2. The zero-order valence-corrected chi connectivity index (χ0v) is 17.8. The first-order valence-electron chi connectivity index (χ1n) is 10.6. The molecule has 14 heteroatoms. The van der Waals surface area contributed by atoms with Crippen LogP contribution in [0.4, 0.5) is 0 Å². The molecule has 0 bridgehead atoms. The van der Waals surface area contributed by atoms with Gasteiger partial charge in [0.25, 0.3) is 0 Å². The van der Waals surface area contributed by atoms with Crippen LogP contribution in [0.1, 0.15) is 6.42 Å². The number of nitrogens with two attached hydrogens (primary N) is 3. The SMILES string of the molecule is CN[C@@H]1[C@@H](O)[C@@H](O[C@@H]2[C@@H](O)[C@H](O[C@H]3O[C@H](CO)[C@@H](O)[C@H](O)[C@H]3N)[C@@H](N)C[C@H]2N)OC[C@H]1O. The molecule has 1 aliphatic carbocycles. The molecule has 0 aromatic carbocycles. The van der Waals surface area contributed by atoms with E-state index in [1.165, 1.54) is 0 Å². The molecule has 0 unspecified atom stereocenters. The predicted molar refractivity (Wildman–Crippen MR) is 107 cm³/mol. The topological polar surface area (TPSA) is 248 Å². The van der Waals surface area contributed by atoms with Crippen LogP contribution >= 0.6 is 0 Å². The molecule has 0 radical (unpaired) electrons. The van der Waals surface area contributed by atoms with E-state index < -0.39 is 92.2 Å². The summed E-state index contributed by atoms with van der Waals surface area (Å²) >= 11 is 0. The minimum absolute atomic E-state index is 0.0989. The second kappa shape index (κ2) is 10.8. The highest BCUT2D eigenvalue weighted by atomic mass is 16.7. The van der Waals surface area contributed by atoms with Crippen LogP contribution in [-0.4, -0.2) is 136 Å². The highest BCUT2D eigenvalue weighted by Gasteiger charge is 2.50. The van der Waals surface area contributed by atoms with E-state index in [1.807, 2.05) is 0 Å². The fourth-order valence-corrected chi connectivity index (χ4v) is 4.45. The van der Waals surface area contributed by atoms with Gasteiger partial charge in [-0.1, -0.05) is 0 Å². The molecule has 1 saturated carbocycles. The average molecular weight is 469 g/mol. The molecule has 13 N–H and O–H groups in total. The van der Waals surface area contributed by atoms with E-state index in [1.54, 1.807) is 7.05 Å². The fraction of sp³-hybridized carbons (Fsp3) is 1.00. The molecular weight excluding hydrogens is 432 g/mol. The van der Waals surface area contributed by atoms with Gasteiger partial charge in [-0.3, -0.25) is 0 Å². The fourth-order valence-electron chi connectivity index (χ4n) is 4.45. The Bertz CT molecular complexity index is 606. The molecule has 2 heterocycles. The van der Waals surface area contributed by atoms with Crippen molar-refractivity contribution in [2.75, 3.05) is 20.3 Å². The van der Waals surface area contributed by atoms with Crippen LogP contribution in [0, 0.1) is 0 Å². The Kier molecular flexibility index (Phi) is 8.79. The summed E-state index contributed by atoms with van der Waals surface area (Å²) in [6.45, 7) is -0.686. The Morgan fingerprint density at radius 2 is 1.47 bits per heavy atom. The van der Waals surface area contributed by atoms with Crippen LogP contribution in [0.3, 0.4) is 0 Å². The quantitative estimate of drug-likeness (QED) is 0.174. The van der Waals surface area contributed by atoms with Crippen molar-refractivity contribution in [1.82, 2.24) is 5.32 Å². The normalized spacial score (nSPS) is 52.7. The van der Waals surface area contributed by atoms with Crippen molar-refractivity contribution in [3.8, 4) is 0 Å². The number of ether oxygens (including phenoxy) is 4. The van der Waals surface area contributed by atoms with Gasteiger partial charge in [-0.25, -0.2) is 0 Å². The molecule has 0 amide bonds. The van der Waals surface area contributed by atoms with E-state index in [2.05, 4.69) is 5.32 Å². The van der Waals surface area contributed by atoms with E-state index in [0.29, 0.717) is 0 Å². The Labute approximate surface area is 185 Å². The third-order valence-electron chi connectivity index (χ3n) is 6.40. The lowest BCUT2D eigenvalue weighted by Gasteiger charge is -2.47. The van der Waals surface area contributed by atoms with Crippen LogP contribution in [0.5, 0.6) is 0 Å². The van der Waals surface area contributed by atoms with E-state index >= 15 is 0 Å². The van der Waals surface area contributed by atoms with Gasteiger partial charge in [0.15, 0.2) is 12.6 Å². The number of rotatable bonds is 6. The van der Waals surface area contributed by atoms with Gasteiger partial charge in [-0.05, 0) is 13.5 Å². The summed E-state index contributed by atoms with van der Waals surface area (Å²) in [7, 11) is 1.57. The largest absolute Gasteiger partial charge is 0.394 e. The third-order valence-corrected chi connectivity index (χ3v) is 6.40. The van der Waals surface area contributed by atoms with Crippen LogP contribution in [-0.2, 0) is 18.9 Å².